The molecular weight excluding hydrogens is 238 g/mol. The molecule has 0 aliphatic carbocycles. The standard InChI is InChI=1S/C10H10N2.C2H3N.C2H6.CH4O/c1-2-4-10(5-3-1)8-12-7-6-11-9-12;1-2-3;2*1-2/h1-7,9H,8H2;1H3;1-2H3;2H,1H3. The van der Waals surface area contributed by atoms with Crippen LogP contribution in [0.4, 0.5) is 0 Å². The van der Waals surface area contributed by atoms with Crippen molar-refractivity contribution in [1.29, 1.82) is 5.26 Å². The van der Waals surface area contributed by atoms with Gasteiger partial charge in [-0.3, -0.25) is 0 Å². The zero-order chi connectivity index (χ0) is 14.9. The average molecular weight is 261 g/mol. The monoisotopic (exact) mass is 261 g/mol. The van der Waals surface area contributed by atoms with E-state index in [0.717, 1.165) is 13.7 Å². The smallest absolute Gasteiger partial charge is 0.0949 e. The second kappa shape index (κ2) is 15.9. The molecule has 0 atom stereocenters. The van der Waals surface area contributed by atoms with Gasteiger partial charge in [-0.2, -0.15) is 5.26 Å². The molecular formula is C15H23N3O. The van der Waals surface area contributed by atoms with Gasteiger partial charge < -0.3 is 9.67 Å². The van der Waals surface area contributed by atoms with E-state index in [-0.39, 0.29) is 0 Å². The molecule has 0 saturated heterocycles. The molecule has 4 heteroatoms. The molecule has 0 unspecified atom stereocenters. The summed E-state index contributed by atoms with van der Waals surface area (Å²) in [5.41, 5.74) is 1.30. The van der Waals surface area contributed by atoms with Gasteiger partial charge in [-0.15, -0.1) is 0 Å². The Bertz CT molecular complexity index is 405. The Hall–Kier alpha value is -2.12. The summed E-state index contributed by atoms with van der Waals surface area (Å²) < 4.78 is 2.05. The topological polar surface area (TPSA) is 61.8 Å². The van der Waals surface area contributed by atoms with E-state index in [4.69, 9.17) is 10.4 Å². The predicted molar refractivity (Wildman–Crippen MR) is 78.5 cm³/mol. The maximum atomic E-state index is 7.32. The lowest BCUT2D eigenvalue weighted by atomic mass is 10.2. The fourth-order valence-corrected chi connectivity index (χ4v) is 1.17. The van der Waals surface area contributed by atoms with Gasteiger partial charge in [-0.1, -0.05) is 44.2 Å². The normalized spacial score (nSPS) is 7.37. The Morgan fingerprint density at radius 2 is 1.74 bits per heavy atom. The van der Waals surface area contributed by atoms with Crippen molar-refractivity contribution in [1.82, 2.24) is 9.55 Å². The molecule has 2 rings (SSSR count). The maximum absolute atomic E-state index is 7.32. The number of aliphatic hydroxyl groups excluding tert-OH is 1. The first-order chi connectivity index (χ1) is 9.36. The van der Waals surface area contributed by atoms with E-state index >= 15 is 0 Å². The second-order valence-electron chi connectivity index (χ2n) is 2.94. The average Bonchev–Trinajstić information content (AvgIpc) is 2.98. The fraction of sp³-hybridized carbons (Fsp3) is 0.333. The molecule has 2 aromatic rings. The lowest BCUT2D eigenvalue weighted by Gasteiger charge is -2.00. The first-order valence-corrected chi connectivity index (χ1v) is 6.12. The number of nitrogens with zero attached hydrogens (tertiary/aromatic N) is 3. The summed E-state index contributed by atoms with van der Waals surface area (Å²) in [6, 6.07) is 12.1. The minimum atomic E-state index is 0.904. The second-order valence-corrected chi connectivity index (χ2v) is 2.94. The van der Waals surface area contributed by atoms with Gasteiger partial charge in [-0.05, 0) is 5.56 Å². The van der Waals surface area contributed by atoms with Crippen LogP contribution in [0.5, 0.6) is 0 Å². The molecule has 0 aliphatic heterocycles. The summed E-state index contributed by atoms with van der Waals surface area (Å²) in [5, 5.41) is 14.3. The van der Waals surface area contributed by atoms with Crippen molar-refractivity contribution in [3.63, 3.8) is 0 Å². The highest BCUT2D eigenvalue weighted by atomic mass is 16.2. The van der Waals surface area contributed by atoms with Crippen molar-refractivity contribution in [2.45, 2.75) is 27.3 Å². The summed E-state index contributed by atoms with van der Waals surface area (Å²) in [6.45, 7) is 6.33. The van der Waals surface area contributed by atoms with Crippen molar-refractivity contribution in [2.24, 2.45) is 0 Å². The first kappa shape index (κ1) is 19.2. The SMILES string of the molecule is CC.CC#N.CO.c1ccc(Cn2ccnc2)cc1. The van der Waals surface area contributed by atoms with Crippen LogP contribution in [0.15, 0.2) is 49.1 Å². The van der Waals surface area contributed by atoms with Crippen LogP contribution in [-0.4, -0.2) is 21.8 Å². The van der Waals surface area contributed by atoms with Crippen LogP contribution in [0.3, 0.4) is 0 Å². The quantitative estimate of drug-likeness (QED) is 0.903. The van der Waals surface area contributed by atoms with E-state index in [2.05, 4.69) is 21.7 Å². The van der Waals surface area contributed by atoms with Crippen LogP contribution in [-0.2, 0) is 6.54 Å². The third-order valence-corrected chi connectivity index (χ3v) is 1.77. The number of hydrogen-bond donors (Lipinski definition) is 1. The summed E-state index contributed by atoms with van der Waals surface area (Å²) >= 11 is 0. The van der Waals surface area contributed by atoms with Crippen molar-refractivity contribution < 1.29 is 5.11 Å². The van der Waals surface area contributed by atoms with Crippen molar-refractivity contribution in [3.8, 4) is 6.07 Å². The van der Waals surface area contributed by atoms with E-state index in [9.17, 15) is 0 Å². The zero-order valence-corrected chi connectivity index (χ0v) is 12.1. The largest absolute Gasteiger partial charge is 0.400 e. The maximum Gasteiger partial charge on any atom is 0.0949 e. The van der Waals surface area contributed by atoms with E-state index in [0.29, 0.717) is 0 Å². The van der Waals surface area contributed by atoms with Crippen molar-refractivity contribution in [3.05, 3.63) is 54.6 Å². The number of aromatic nitrogens is 2. The van der Waals surface area contributed by atoms with Crippen LogP contribution >= 0.6 is 0 Å². The van der Waals surface area contributed by atoms with E-state index in [1.54, 1.807) is 12.3 Å². The van der Waals surface area contributed by atoms with Gasteiger partial charge in [-0.25, -0.2) is 4.98 Å². The molecule has 4 nitrogen and oxygen atoms in total. The molecule has 0 radical (unpaired) electrons. The number of rotatable bonds is 2. The van der Waals surface area contributed by atoms with E-state index in [1.165, 1.54) is 12.5 Å². The molecule has 1 heterocycles. The molecule has 1 N–H and O–H groups in total. The third-order valence-electron chi connectivity index (χ3n) is 1.77. The van der Waals surface area contributed by atoms with E-state index < -0.39 is 0 Å². The fourth-order valence-electron chi connectivity index (χ4n) is 1.17. The number of hydrogen-bond acceptors (Lipinski definition) is 3. The summed E-state index contributed by atoms with van der Waals surface area (Å²) in [6.07, 6.45) is 5.59. The van der Waals surface area contributed by atoms with Gasteiger partial charge in [0.1, 0.15) is 0 Å². The summed E-state index contributed by atoms with van der Waals surface area (Å²) in [5.74, 6) is 0. The van der Waals surface area contributed by atoms with Crippen LogP contribution in [0, 0.1) is 11.3 Å². The number of benzene rings is 1. The molecule has 104 valence electrons. The lowest BCUT2D eigenvalue weighted by Crippen LogP contribution is -1.95. The Labute approximate surface area is 116 Å². The van der Waals surface area contributed by atoms with Gasteiger partial charge in [0.2, 0.25) is 0 Å². The Morgan fingerprint density at radius 1 is 1.21 bits per heavy atom. The molecule has 0 aliphatic rings. The van der Waals surface area contributed by atoms with Gasteiger partial charge in [0.25, 0.3) is 0 Å². The molecule has 1 aromatic carbocycles. The predicted octanol–water partition coefficient (Wildman–Crippen LogP) is 3.10. The van der Waals surface area contributed by atoms with Gasteiger partial charge in [0.15, 0.2) is 0 Å². The molecule has 1 aromatic heterocycles. The van der Waals surface area contributed by atoms with Crippen molar-refractivity contribution >= 4 is 0 Å². The number of nitriles is 1. The van der Waals surface area contributed by atoms with Gasteiger partial charge in [0, 0.05) is 33.0 Å². The third kappa shape index (κ3) is 10.7. The zero-order valence-electron chi connectivity index (χ0n) is 12.1. The molecule has 0 amide bonds. The Balaban J connectivity index is 0. The highest BCUT2D eigenvalue weighted by molar-refractivity contribution is 5.14. The van der Waals surface area contributed by atoms with Gasteiger partial charge >= 0.3 is 0 Å². The lowest BCUT2D eigenvalue weighted by molar-refractivity contribution is 0.399. The number of aliphatic hydroxyl groups is 1. The minimum absolute atomic E-state index is 0.904. The van der Waals surface area contributed by atoms with Gasteiger partial charge in [0.05, 0.1) is 12.4 Å². The number of imidazole rings is 1. The van der Waals surface area contributed by atoms with Crippen LogP contribution < -0.4 is 0 Å². The molecule has 0 spiro atoms. The molecule has 0 bridgehead atoms. The minimum Gasteiger partial charge on any atom is -0.400 e. The summed E-state index contributed by atoms with van der Waals surface area (Å²) in [4.78, 5) is 3.98. The Kier molecular flexibility index (Phi) is 16.1. The molecule has 19 heavy (non-hydrogen) atoms. The summed E-state index contributed by atoms with van der Waals surface area (Å²) in [7, 11) is 1.00. The Morgan fingerprint density at radius 3 is 2.16 bits per heavy atom. The molecule has 0 fully saturated rings. The van der Waals surface area contributed by atoms with Crippen LogP contribution in [0.25, 0.3) is 0 Å². The van der Waals surface area contributed by atoms with Crippen molar-refractivity contribution in [2.75, 3.05) is 7.11 Å². The molecule has 0 saturated carbocycles. The van der Waals surface area contributed by atoms with E-state index in [1.807, 2.05) is 44.6 Å². The first-order valence-electron chi connectivity index (χ1n) is 6.12. The van der Waals surface area contributed by atoms with Crippen LogP contribution in [0.1, 0.15) is 26.3 Å². The van der Waals surface area contributed by atoms with Crippen LogP contribution in [0.2, 0.25) is 0 Å². The highest BCUT2D eigenvalue weighted by Crippen LogP contribution is 2.00. The highest BCUT2D eigenvalue weighted by Gasteiger charge is 1.91.